The van der Waals surface area contributed by atoms with E-state index < -0.39 is 0 Å². The van der Waals surface area contributed by atoms with Gasteiger partial charge in [0.25, 0.3) is 0 Å². The first kappa shape index (κ1) is 13.2. The third-order valence-electron chi connectivity index (χ3n) is 5.63. The fourth-order valence-corrected chi connectivity index (χ4v) is 4.62. The number of carbonyl (C=O) groups excluding carboxylic acids is 1. The third kappa shape index (κ3) is 2.54. The molecule has 0 aromatic heterocycles. The van der Waals surface area contributed by atoms with Crippen LogP contribution in [0, 0.1) is 11.8 Å². The van der Waals surface area contributed by atoms with Crippen molar-refractivity contribution >= 4 is 11.6 Å². The molecule has 2 bridgehead atoms. The zero-order chi connectivity index (χ0) is 14.2. The van der Waals surface area contributed by atoms with Crippen LogP contribution in [0.2, 0.25) is 0 Å². The maximum Gasteiger partial charge on any atom is 0.239 e. The van der Waals surface area contributed by atoms with Crippen molar-refractivity contribution in [1.29, 1.82) is 0 Å². The van der Waals surface area contributed by atoms with Gasteiger partial charge >= 0.3 is 0 Å². The van der Waals surface area contributed by atoms with Gasteiger partial charge in [0.05, 0.1) is 6.54 Å². The van der Waals surface area contributed by atoms with Gasteiger partial charge in [0, 0.05) is 18.3 Å². The topological polar surface area (TPSA) is 32.3 Å². The van der Waals surface area contributed by atoms with Crippen molar-refractivity contribution in [3.63, 3.8) is 0 Å². The van der Waals surface area contributed by atoms with Gasteiger partial charge in [-0.1, -0.05) is 24.6 Å². The Morgan fingerprint density at radius 1 is 1.24 bits per heavy atom. The molecule has 1 aromatic rings. The van der Waals surface area contributed by atoms with Gasteiger partial charge in [-0.3, -0.25) is 4.79 Å². The van der Waals surface area contributed by atoms with Crippen molar-refractivity contribution in [1.82, 2.24) is 5.32 Å². The second-order valence-corrected chi connectivity index (χ2v) is 7.00. The highest BCUT2D eigenvalue weighted by Gasteiger charge is 2.40. The van der Waals surface area contributed by atoms with Crippen LogP contribution in [0.15, 0.2) is 24.3 Å². The first-order chi connectivity index (χ1) is 10.3. The van der Waals surface area contributed by atoms with Crippen LogP contribution in [0.4, 0.5) is 5.69 Å². The number of hydrogen-bond acceptors (Lipinski definition) is 2. The summed E-state index contributed by atoms with van der Waals surface area (Å²) in [6, 6.07) is 8.97. The van der Waals surface area contributed by atoms with Crippen molar-refractivity contribution in [2.45, 2.75) is 44.6 Å². The number of para-hydroxylation sites is 1. The van der Waals surface area contributed by atoms with E-state index in [-0.39, 0.29) is 5.91 Å². The number of rotatable bonds is 3. The molecular formula is C18H24N2O. The molecule has 4 rings (SSSR count). The Kier molecular flexibility index (Phi) is 3.36. The molecule has 112 valence electrons. The minimum absolute atomic E-state index is 0.212. The lowest BCUT2D eigenvalue weighted by Crippen LogP contribution is -2.45. The fraction of sp³-hybridized carbons (Fsp3) is 0.611. The van der Waals surface area contributed by atoms with Crippen LogP contribution in [0.1, 0.15) is 37.7 Å². The quantitative estimate of drug-likeness (QED) is 0.925. The first-order valence-corrected chi connectivity index (χ1v) is 8.42. The molecule has 1 amide bonds. The standard InChI is InChI=1S/C18H24N2O/c21-18(19-16-11-13-7-8-15(16)10-13)12-20-9-3-5-14-4-1-2-6-17(14)20/h1-2,4,6,13,15-16H,3,5,7-12H2,(H,19,21)/t13-,15-,16-/m0/s1. The maximum absolute atomic E-state index is 12.4. The van der Waals surface area contributed by atoms with Crippen LogP contribution in [-0.4, -0.2) is 25.0 Å². The molecule has 21 heavy (non-hydrogen) atoms. The molecule has 3 nitrogen and oxygen atoms in total. The van der Waals surface area contributed by atoms with E-state index in [9.17, 15) is 4.79 Å². The number of carbonyl (C=O) groups is 1. The largest absolute Gasteiger partial charge is 0.362 e. The van der Waals surface area contributed by atoms with E-state index >= 15 is 0 Å². The number of amides is 1. The van der Waals surface area contributed by atoms with Gasteiger partial charge in [0.2, 0.25) is 5.91 Å². The number of fused-ring (bicyclic) bond motifs is 3. The molecular weight excluding hydrogens is 260 g/mol. The molecule has 1 heterocycles. The average molecular weight is 284 g/mol. The molecule has 2 saturated carbocycles. The fourth-order valence-electron chi connectivity index (χ4n) is 4.62. The van der Waals surface area contributed by atoms with Gasteiger partial charge in [-0.2, -0.15) is 0 Å². The maximum atomic E-state index is 12.4. The summed E-state index contributed by atoms with van der Waals surface area (Å²) in [7, 11) is 0. The molecule has 0 radical (unpaired) electrons. The summed E-state index contributed by atoms with van der Waals surface area (Å²) in [5.41, 5.74) is 2.64. The van der Waals surface area contributed by atoms with Gasteiger partial charge in [-0.15, -0.1) is 0 Å². The Morgan fingerprint density at radius 3 is 2.95 bits per heavy atom. The summed E-state index contributed by atoms with van der Waals surface area (Å²) in [4.78, 5) is 14.7. The van der Waals surface area contributed by atoms with Gasteiger partial charge in [-0.05, 0) is 55.6 Å². The number of hydrogen-bond donors (Lipinski definition) is 1. The summed E-state index contributed by atoms with van der Waals surface area (Å²) in [6.07, 6.45) is 7.56. The van der Waals surface area contributed by atoms with Crippen molar-refractivity contribution < 1.29 is 4.79 Å². The predicted octanol–water partition coefficient (Wildman–Crippen LogP) is 2.74. The van der Waals surface area contributed by atoms with E-state index in [4.69, 9.17) is 0 Å². The molecule has 3 heteroatoms. The van der Waals surface area contributed by atoms with Gasteiger partial charge in [0.15, 0.2) is 0 Å². The molecule has 2 fully saturated rings. The molecule has 1 aromatic carbocycles. The highest BCUT2D eigenvalue weighted by Crippen LogP contribution is 2.44. The average Bonchev–Trinajstić information content (AvgIpc) is 3.10. The predicted molar refractivity (Wildman–Crippen MR) is 84.4 cm³/mol. The van der Waals surface area contributed by atoms with E-state index in [2.05, 4.69) is 34.5 Å². The lowest BCUT2D eigenvalue weighted by atomic mass is 9.95. The van der Waals surface area contributed by atoms with Crippen LogP contribution >= 0.6 is 0 Å². The van der Waals surface area contributed by atoms with E-state index in [0.717, 1.165) is 31.2 Å². The van der Waals surface area contributed by atoms with Crippen molar-refractivity contribution in [3.05, 3.63) is 29.8 Å². The van der Waals surface area contributed by atoms with E-state index in [1.54, 1.807) is 0 Å². The molecule has 0 unspecified atom stereocenters. The highest BCUT2D eigenvalue weighted by atomic mass is 16.2. The second-order valence-electron chi connectivity index (χ2n) is 7.00. The van der Waals surface area contributed by atoms with Gasteiger partial charge in [-0.25, -0.2) is 0 Å². The van der Waals surface area contributed by atoms with Gasteiger partial charge < -0.3 is 10.2 Å². The number of aryl methyl sites for hydroxylation is 1. The smallest absolute Gasteiger partial charge is 0.239 e. The first-order valence-electron chi connectivity index (χ1n) is 8.42. The molecule has 3 atom stereocenters. The summed E-state index contributed by atoms with van der Waals surface area (Å²) in [6.45, 7) is 1.52. The van der Waals surface area contributed by atoms with E-state index in [1.165, 1.54) is 36.9 Å². The van der Waals surface area contributed by atoms with E-state index in [1.807, 2.05) is 0 Å². The number of nitrogens with one attached hydrogen (secondary N) is 1. The molecule has 1 N–H and O–H groups in total. The Hall–Kier alpha value is -1.51. The zero-order valence-electron chi connectivity index (χ0n) is 12.6. The van der Waals surface area contributed by atoms with Crippen molar-refractivity contribution in [3.8, 4) is 0 Å². The summed E-state index contributed by atoms with van der Waals surface area (Å²) in [5.74, 6) is 1.85. The number of anilines is 1. The summed E-state index contributed by atoms with van der Waals surface area (Å²) >= 11 is 0. The van der Waals surface area contributed by atoms with Gasteiger partial charge in [0.1, 0.15) is 0 Å². The molecule has 0 saturated heterocycles. The van der Waals surface area contributed by atoms with E-state index in [0.29, 0.717) is 12.6 Å². The molecule has 1 aliphatic heterocycles. The minimum atomic E-state index is 0.212. The Bertz CT molecular complexity index is 542. The Morgan fingerprint density at radius 2 is 2.14 bits per heavy atom. The monoisotopic (exact) mass is 284 g/mol. The van der Waals surface area contributed by atoms with Crippen LogP contribution in [0.5, 0.6) is 0 Å². The summed E-state index contributed by atoms with van der Waals surface area (Å²) < 4.78 is 0. The Labute approximate surface area is 126 Å². The highest BCUT2D eigenvalue weighted by molar-refractivity contribution is 5.82. The molecule has 2 aliphatic carbocycles. The number of nitrogens with zero attached hydrogens (tertiary/aromatic N) is 1. The van der Waals surface area contributed by atoms with Crippen LogP contribution < -0.4 is 10.2 Å². The molecule has 3 aliphatic rings. The zero-order valence-corrected chi connectivity index (χ0v) is 12.6. The molecule has 0 spiro atoms. The van der Waals surface area contributed by atoms with Crippen LogP contribution in [0.3, 0.4) is 0 Å². The minimum Gasteiger partial charge on any atom is -0.362 e. The second kappa shape index (κ2) is 5.36. The third-order valence-corrected chi connectivity index (χ3v) is 5.63. The SMILES string of the molecule is O=C(CN1CCCc2ccccc21)N[C@H]1C[C@H]2CC[C@H]1C2. The lowest BCUT2D eigenvalue weighted by Gasteiger charge is -2.31. The van der Waals surface area contributed by atoms with Crippen LogP contribution in [-0.2, 0) is 11.2 Å². The van der Waals surface area contributed by atoms with Crippen molar-refractivity contribution in [2.75, 3.05) is 18.0 Å². The normalized spacial score (nSPS) is 30.3. The number of benzene rings is 1. The van der Waals surface area contributed by atoms with Crippen molar-refractivity contribution in [2.24, 2.45) is 11.8 Å². The lowest BCUT2D eigenvalue weighted by molar-refractivity contribution is -0.120. The summed E-state index contributed by atoms with van der Waals surface area (Å²) in [5, 5.41) is 3.31. The van der Waals surface area contributed by atoms with Crippen LogP contribution in [0.25, 0.3) is 0 Å². The Balaban J connectivity index is 1.39.